The van der Waals surface area contributed by atoms with Crippen LogP contribution in [0.4, 0.5) is 5.13 Å². The maximum Gasteiger partial charge on any atom is 0.269 e. The lowest BCUT2D eigenvalue weighted by atomic mass is 9.85. The van der Waals surface area contributed by atoms with Gasteiger partial charge in [0.05, 0.1) is 12.2 Å². The molecule has 9 nitrogen and oxygen atoms in total. The van der Waals surface area contributed by atoms with E-state index in [-0.39, 0.29) is 23.8 Å². The maximum absolute atomic E-state index is 12.6. The Balaban J connectivity index is 1.23. The molecule has 2 aliphatic carbocycles. The Morgan fingerprint density at radius 3 is 2.61 bits per heavy atom. The van der Waals surface area contributed by atoms with Gasteiger partial charge in [-0.15, -0.1) is 10.2 Å². The Labute approximate surface area is 167 Å². The van der Waals surface area contributed by atoms with Gasteiger partial charge in [-0.05, 0) is 44.6 Å². The number of nitrogens with two attached hydrogens (primary N) is 1. The molecule has 4 N–H and O–H groups in total. The van der Waals surface area contributed by atoms with E-state index < -0.39 is 0 Å². The summed E-state index contributed by atoms with van der Waals surface area (Å²) in [5.74, 6) is 0.442. The van der Waals surface area contributed by atoms with Gasteiger partial charge in [0, 0.05) is 24.9 Å². The molecule has 4 rings (SSSR count). The number of nitrogen functional groups attached to an aromatic ring is 1. The second-order valence-electron chi connectivity index (χ2n) is 7.63. The summed E-state index contributed by atoms with van der Waals surface area (Å²) in [6.07, 6.45) is 5.43. The Morgan fingerprint density at radius 1 is 1.21 bits per heavy atom. The van der Waals surface area contributed by atoms with E-state index in [4.69, 9.17) is 5.73 Å². The lowest BCUT2D eigenvalue weighted by Crippen LogP contribution is -2.41. The van der Waals surface area contributed by atoms with Gasteiger partial charge < -0.3 is 16.4 Å². The van der Waals surface area contributed by atoms with E-state index in [9.17, 15) is 9.59 Å². The van der Waals surface area contributed by atoms with E-state index in [1.807, 2.05) is 13.1 Å². The second kappa shape index (κ2) is 7.86. The molecule has 0 atom stereocenters. The highest BCUT2D eigenvalue weighted by molar-refractivity contribution is 7.15. The minimum absolute atomic E-state index is 0.0271. The molecule has 0 bridgehead atoms. The number of hydrogen-bond acceptors (Lipinski definition) is 7. The zero-order chi connectivity index (χ0) is 19.7. The van der Waals surface area contributed by atoms with Crippen LogP contribution in [0.15, 0.2) is 6.07 Å². The molecule has 0 aromatic carbocycles. The van der Waals surface area contributed by atoms with Crippen LogP contribution in [0.25, 0.3) is 0 Å². The standard InChI is InChI=1S/C18H25N7O2S/c1-25-14(8-13(24-25)10-2-3-10)17(27)21-12-6-4-11(5-7-12)16(26)20-9-15-22-23-18(19)28-15/h8,10-12H,2-7,9H2,1H3,(H2,19,23)(H,20,26)(H,21,27). The fraction of sp³-hybridized carbons (Fsp3) is 0.611. The first-order valence-electron chi connectivity index (χ1n) is 9.70. The predicted octanol–water partition coefficient (Wildman–Crippen LogP) is 1.34. The van der Waals surface area contributed by atoms with Gasteiger partial charge in [-0.3, -0.25) is 14.3 Å². The lowest BCUT2D eigenvalue weighted by Gasteiger charge is -2.28. The van der Waals surface area contributed by atoms with Crippen molar-refractivity contribution in [2.24, 2.45) is 13.0 Å². The molecule has 0 spiro atoms. The van der Waals surface area contributed by atoms with Crippen molar-refractivity contribution in [3.63, 3.8) is 0 Å². The van der Waals surface area contributed by atoms with Crippen LogP contribution in [0.5, 0.6) is 0 Å². The molecule has 10 heteroatoms. The van der Waals surface area contributed by atoms with Gasteiger partial charge in [-0.25, -0.2) is 0 Å². The van der Waals surface area contributed by atoms with Crippen LogP contribution < -0.4 is 16.4 Å². The molecule has 0 radical (unpaired) electrons. The third-order valence-corrected chi connectivity index (χ3v) is 6.21. The highest BCUT2D eigenvalue weighted by atomic mass is 32.1. The smallest absolute Gasteiger partial charge is 0.269 e. The van der Waals surface area contributed by atoms with Gasteiger partial charge in [0.25, 0.3) is 5.91 Å². The lowest BCUT2D eigenvalue weighted by molar-refractivity contribution is -0.126. The van der Waals surface area contributed by atoms with Crippen LogP contribution >= 0.6 is 11.3 Å². The van der Waals surface area contributed by atoms with Crippen molar-refractivity contribution >= 4 is 28.3 Å². The predicted molar refractivity (Wildman–Crippen MR) is 105 cm³/mol. The summed E-state index contributed by atoms with van der Waals surface area (Å²) in [6, 6.07) is 2.01. The minimum Gasteiger partial charge on any atom is -0.374 e. The third-order valence-electron chi connectivity index (χ3n) is 5.46. The Kier molecular flexibility index (Phi) is 5.29. The van der Waals surface area contributed by atoms with E-state index in [0.717, 1.165) is 44.2 Å². The average Bonchev–Trinajstić information content (AvgIpc) is 3.34. The molecule has 2 aliphatic rings. The molecule has 0 saturated heterocycles. The number of anilines is 1. The van der Waals surface area contributed by atoms with Gasteiger partial charge in [0.15, 0.2) is 0 Å². The number of aryl methyl sites for hydroxylation is 1. The largest absolute Gasteiger partial charge is 0.374 e. The fourth-order valence-corrected chi connectivity index (χ4v) is 4.23. The van der Waals surface area contributed by atoms with E-state index in [0.29, 0.717) is 28.3 Å². The van der Waals surface area contributed by atoms with Gasteiger partial charge in [-0.2, -0.15) is 5.10 Å². The second-order valence-corrected chi connectivity index (χ2v) is 8.72. The summed E-state index contributed by atoms with van der Waals surface area (Å²) in [4.78, 5) is 25.0. The Bertz CT molecular complexity index is 865. The molecular weight excluding hydrogens is 378 g/mol. The van der Waals surface area contributed by atoms with Crippen LogP contribution in [0, 0.1) is 5.92 Å². The first-order chi connectivity index (χ1) is 13.5. The summed E-state index contributed by atoms with van der Waals surface area (Å²) in [5, 5.41) is 19.2. The highest BCUT2D eigenvalue weighted by Gasteiger charge is 2.30. The number of carbonyl (C=O) groups excluding carboxylic acids is 2. The van der Waals surface area contributed by atoms with Crippen LogP contribution in [0.3, 0.4) is 0 Å². The molecule has 2 saturated carbocycles. The number of hydrogen-bond donors (Lipinski definition) is 3. The minimum atomic E-state index is -0.0799. The van der Waals surface area contributed by atoms with Crippen molar-refractivity contribution in [2.75, 3.05) is 5.73 Å². The van der Waals surface area contributed by atoms with Gasteiger partial charge in [0.2, 0.25) is 11.0 Å². The quantitative estimate of drug-likeness (QED) is 0.668. The summed E-state index contributed by atoms with van der Waals surface area (Å²) in [6.45, 7) is 0.355. The highest BCUT2D eigenvalue weighted by Crippen LogP contribution is 2.39. The number of amides is 2. The zero-order valence-corrected chi connectivity index (χ0v) is 16.7. The van der Waals surface area contributed by atoms with Crippen molar-refractivity contribution in [3.8, 4) is 0 Å². The van der Waals surface area contributed by atoms with Gasteiger partial charge >= 0.3 is 0 Å². The summed E-state index contributed by atoms with van der Waals surface area (Å²) in [7, 11) is 1.81. The normalized spacial score (nSPS) is 22.0. The number of nitrogens with one attached hydrogen (secondary N) is 2. The molecular formula is C18H25N7O2S. The van der Waals surface area contributed by atoms with Crippen molar-refractivity contribution < 1.29 is 9.59 Å². The van der Waals surface area contributed by atoms with Crippen molar-refractivity contribution in [1.82, 2.24) is 30.6 Å². The van der Waals surface area contributed by atoms with Crippen LogP contribution in [0.2, 0.25) is 0 Å². The molecule has 150 valence electrons. The van der Waals surface area contributed by atoms with Crippen LogP contribution in [-0.2, 0) is 18.4 Å². The molecule has 2 heterocycles. The first kappa shape index (κ1) is 18.9. The number of aromatic nitrogens is 4. The summed E-state index contributed by atoms with van der Waals surface area (Å²) >= 11 is 1.28. The van der Waals surface area contributed by atoms with Crippen LogP contribution in [0.1, 0.15) is 65.6 Å². The van der Waals surface area contributed by atoms with Crippen molar-refractivity contribution in [3.05, 3.63) is 22.5 Å². The molecule has 2 amide bonds. The zero-order valence-electron chi connectivity index (χ0n) is 15.9. The molecule has 2 fully saturated rings. The maximum atomic E-state index is 12.6. The fourth-order valence-electron chi connectivity index (χ4n) is 3.68. The van der Waals surface area contributed by atoms with Crippen molar-refractivity contribution in [1.29, 1.82) is 0 Å². The molecule has 0 unspecified atom stereocenters. The molecule has 2 aromatic rings. The number of carbonyl (C=O) groups is 2. The van der Waals surface area contributed by atoms with Gasteiger partial charge in [-0.1, -0.05) is 11.3 Å². The number of nitrogens with zero attached hydrogens (tertiary/aromatic N) is 4. The Hall–Kier alpha value is -2.49. The average molecular weight is 404 g/mol. The third kappa shape index (κ3) is 4.32. The van der Waals surface area contributed by atoms with E-state index in [1.54, 1.807) is 4.68 Å². The van der Waals surface area contributed by atoms with Gasteiger partial charge in [0.1, 0.15) is 10.7 Å². The molecule has 28 heavy (non-hydrogen) atoms. The topological polar surface area (TPSA) is 128 Å². The SMILES string of the molecule is Cn1nc(C2CC2)cc1C(=O)NC1CCC(C(=O)NCc2nnc(N)s2)CC1. The van der Waals surface area contributed by atoms with E-state index in [1.165, 1.54) is 11.3 Å². The molecule has 0 aliphatic heterocycles. The molecule has 2 aromatic heterocycles. The van der Waals surface area contributed by atoms with Crippen LogP contribution in [-0.4, -0.2) is 37.8 Å². The monoisotopic (exact) mass is 403 g/mol. The van der Waals surface area contributed by atoms with E-state index in [2.05, 4.69) is 25.9 Å². The first-order valence-corrected chi connectivity index (χ1v) is 10.5. The van der Waals surface area contributed by atoms with Crippen molar-refractivity contribution in [2.45, 2.75) is 57.0 Å². The summed E-state index contributed by atoms with van der Waals surface area (Å²) < 4.78 is 1.67. The van der Waals surface area contributed by atoms with E-state index >= 15 is 0 Å². The number of rotatable bonds is 6. The Morgan fingerprint density at radius 2 is 1.96 bits per heavy atom. The summed E-state index contributed by atoms with van der Waals surface area (Å²) in [5.41, 5.74) is 7.17.